The van der Waals surface area contributed by atoms with Gasteiger partial charge in [-0.1, -0.05) is 18.2 Å². The topological polar surface area (TPSA) is 55.4 Å². The van der Waals surface area contributed by atoms with Gasteiger partial charge in [-0.25, -0.2) is 4.39 Å². The monoisotopic (exact) mass is 291 g/mol. The minimum Gasteiger partial charge on any atom is -0.384 e. The molecule has 2 amide bonds. The molecule has 3 rings (SSSR count). The van der Waals surface area contributed by atoms with Crippen molar-refractivity contribution >= 4 is 11.8 Å². The Balaban J connectivity index is 2.10. The number of piperidine rings is 1. The number of methoxy groups -OCH3 is 1. The predicted octanol–water partition coefficient (Wildman–Crippen LogP) is 2.00. The van der Waals surface area contributed by atoms with Crippen LogP contribution in [0.2, 0.25) is 0 Å². The molecule has 0 radical (unpaired) electrons. The third-order valence-corrected chi connectivity index (χ3v) is 4.61. The van der Waals surface area contributed by atoms with Gasteiger partial charge >= 0.3 is 0 Å². The summed E-state index contributed by atoms with van der Waals surface area (Å²) in [4.78, 5) is 24.3. The van der Waals surface area contributed by atoms with Crippen LogP contribution >= 0.6 is 0 Å². The molecule has 5 heteroatoms. The number of carbonyl (C=O) groups excluding carboxylic acids is 2. The molecular weight excluding hydrogens is 273 g/mol. The fourth-order valence-electron chi connectivity index (χ4n) is 3.64. The molecule has 1 aliphatic carbocycles. The highest BCUT2D eigenvalue weighted by Gasteiger charge is 2.57. The van der Waals surface area contributed by atoms with E-state index in [0.717, 1.165) is 12.8 Å². The van der Waals surface area contributed by atoms with Crippen LogP contribution in [0.1, 0.15) is 30.7 Å². The number of benzene rings is 1. The lowest BCUT2D eigenvalue weighted by Crippen LogP contribution is -2.53. The number of nitrogens with one attached hydrogen (secondary N) is 1. The molecule has 2 unspecified atom stereocenters. The van der Waals surface area contributed by atoms with Crippen molar-refractivity contribution in [1.82, 2.24) is 5.32 Å². The van der Waals surface area contributed by atoms with Crippen LogP contribution in [0.15, 0.2) is 24.3 Å². The number of carbonyl (C=O) groups is 2. The van der Waals surface area contributed by atoms with E-state index in [9.17, 15) is 14.0 Å². The molecule has 2 atom stereocenters. The average Bonchev–Trinajstić information content (AvgIpc) is 3.25. The van der Waals surface area contributed by atoms with Gasteiger partial charge in [-0.3, -0.25) is 14.9 Å². The van der Waals surface area contributed by atoms with Crippen LogP contribution in [0, 0.1) is 17.2 Å². The van der Waals surface area contributed by atoms with Gasteiger partial charge in [0, 0.05) is 24.5 Å². The first-order valence-corrected chi connectivity index (χ1v) is 7.15. The fraction of sp³-hybridized carbons (Fsp3) is 0.500. The summed E-state index contributed by atoms with van der Waals surface area (Å²) in [6.07, 6.45) is 2.11. The minimum atomic E-state index is -0.677. The van der Waals surface area contributed by atoms with E-state index in [1.165, 1.54) is 6.07 Å². The maximum atomic E-state index is 14.2. The lowest BCUT2D eigenvalue weighted by atomic mass is 9.64. The van der Waals surface area contributed by atoms with E-state index in [4.69, 9.17) is 4.74 Å². The molecule has 0 bridgehead atoms. The Morgan fingerprint density at radius 2 is 2.05 bits per heavy atom. The van der Waals surface area contributed by atoms with Crippen molar-refractivity contribution in [1.29, 1.82) is 0 Å². The molecule has 0 spiro atoms. The number of halogens is 1. The first-order chi connectivity index (χ1) is 10.1. The molecule has 112 valence electrons. The summed E-state index contributed by atoms with van der Waals surface area (Å²) in [6.45, 7) is 0.288. The lowest BCUT2D eigenvalue weighted by molar-refractivity contribution is -0.143. The number of rotatable bonds is 4. The molecular formula is C16H18FNO3. The van der Waals surface area contributed by atoms with Crippen molar-refractivity contribution in [2.24, 2.45) is 11.3 Å². The highest BCUT2D eigenvalue weighted by molar-refractivity contribution is 6.02. The van der Waals surface area contributed by atoms with Crippen molar-refractivity contribution in [2.45, 2.75) is 25.2 Å². The van der Waals surface area contributed by atoms with Crippen molar-refractivity contribution in [3.8, 4) is 0 Å². The van der Waals surface area contributed by atoms with Gasteiger partial charge in [0.25, 0.3) is 0 Å². The van der Waals surface area contributed by atoms with Crippen molar-refractivity contribution < 1.29 is 18.7 Å². The molecule has 0 aromatic heterocycles. The van der Waals surface area contributed by atoms with Crippen molar-refractivity contribution in [2.75, 3.05) is 13.7 Å². The summed E-state index contributed by atoms with van der Waals surface area (Å²) in [7, 11) is 1.56. The lowest BCUT2D eigenvalue weighted by Gasteiger charge is -2.42. The molecule has 1 aliphatic heterocycles. The Labute approximate surface area is 122 Å². The molecule has 2 aliphatic rings. The van der Waals surface area contributed by atoms with E-state index >= 15 is 0 Å². The van der Waals surface area contributed by atoms with Gasteiger partial charge in [-0.15, -0.1) is 0 Å². The normalized spacial score (nSPS) is 29.3. The molecule has 1 aromatic rings. The van der Waals surface area contributed by atoms with Gasteiger partial charge < -0.3 is 4.74 Å². The van der Waals surface area contributed by atoms with E-state index in [1.54, 1.807) is 25.3 Å². The summed E-state index contributed by atoms with van der Waals surface area (Å²) in [5.74, 6) is -1.56. The van der Waals surface area contributed by atoms with Crippen LogP contribution in [-0.2, 0) is 14.3 Å². The van der Waals surface area contributed by atoms with Crippen LogP contribution in [-0.4, -0.2) is 25.5 Å². The van der Waals surface area contributed by atoms with Gasteiger partial charge in [0.2, 0.25) is 11.8 Å². The first-order valence-electron chi connectivity index (χ1n) is 7.15. The molecule has 1 saturated carbocycles. The van der Waals surface area contributed by atoms with E-state index in [0.29, 0.717) is 5.56 Å². The molecule has 1 saturated heterocycles. The van der Waals surface area contributed by atoms with Gasteiger partial charge in [0.05, 0.1) is 12.5 Å². The third-order valence-electron chi connectivity index (χ3n) is 4.61. The summed E-state index contributed by atoms with van der Waals surface area (Å²) in [5, 5.41) is 2.35. The van der Waals surface area contributed by atoms with Crippen LogP contribution in [0.5, 0.6) is 0 Å². The molecule has 1 N–H and O–H groups in total. The highest BCUT2D eigenvalue weighted by atomic mass is 19.1. The second-order valence-electron chi connectivity index (χ2n) is 5.98. The highest BCUT2D eigenvalue weighted by Crippen LogP contribution is 2.57. The van der Waals surface area contributed by atoms with E-state index in [2.05, 4.69) is 5.32 Å². The molecule has 1 aromatic carbocycles. The number of hydrogen-bond acceptors (Lipinski definition) is 3. The molecule has 4 nitrogen and oxygen atoms in total. The Hall–Kier alpha value is -1.75. The van der Waals surface area contributed by atoms with Gasteiger partial charge in [0.1, 0.15) is 5.82 Å². The van der Waals surface area contributed by atoms with E-state index < -0.39 is 23.1 Å². The maximum Gasteiger partial charge on any atom is 0.234 e. The van der Waals surface area contributed by atoms with Crippen LogP contribution in [0.3, 0.4) is 0 Å². The summed E-state index contributed by atoms with van der Waals surface area (Å²) >= 11 is 0. The second-order valence-corrected chi connectivity index (χ2v) is 5.98. The Bertz CT molecular complexity index is 585. The van der Waals surface area contributed by atoms with Crippen molar-refractivity contribution in [3.63, 3.8) is 0 Å². The number of ether oxygens (including phenoxy) is 1. The van der Waals surface area contributed by atoms with Crippen LogP contribution in [0.25, 0.3) is 0 Å². The number of amides is 2. The SMILES string of the molecule is COCC1(C2CC2)CC(=O)NC(=O)C1c1ccccc1F. The molecule has 21 heavy (non-hydrogen) atoms. The van der Waals surface area contributed by atoms with Crippen molar-refractivity contribution in [3.05, 3.63) is 35.6 Å². The van der Waals surface area contributed by atoms with Gasteiger partial charge in [-0.2, -0.15) is 0 Å². The summed E-state index contributed by atoms with van der Waals surface area (Å²) < 4.78 is 19.5. The van der Waals surface area contributed by atoms with Gasteiger partial charge in [0.15, 0.2) is 0 Å². The van der Waals surface area contributed by atoms with E-state index in [1.807, 2.05) is 0 Å². The Morgan fingerprint density at radius 1 is 1.33 bits per heavy atom. The first kappa shape index (κ1) is 14.2. The largest absolute Gasteiger partial charge is 0.384 e. The van der Waals surface area contributed by atoms with Gasteiger partial charge in [-0.05, 0) is 24.8 Å². The number of imide groups is 1. The predicted molar refractivity (Wildman–Crippen MR) is 73.9 cm³/mol. The fourth-order valence-corrected chi connectivity index (χ4v) is 3.64. The van der Waals surface area contributed by atoms with E-state index in [-0.39, 0.29) is 24.9 Å². The zero-order valence-electron chi connectivity index (χ0n) is 11.9. The van der Waals surface area contributed by atoms with Crippen LogP contribution in [0.4, 0.5) is 4.39 Å². The maximum absolute atomic E-state index is 14.2. The zero-order chi connectivity index (χ0) is 15.0. The standard InChI is InChI=1S/C16H18FNO3/c1-21-9-16(10-6-7-10)8-13(19)18-15(20)14(16)11-4-2-3-5-12(11)17/h2-5,10,14H,6-9H2,1H3,(H,18,19,20). The quantitative estimate of drug-likeness (QED) is 0.863. The molecule has 1 heterocycles. The smallest absolute Gasteiger partial charge is 0.234 e. The van der Waals surface area contributed by atoms with Crippen LogP contribution < -0.4 is 5.32 Å². The minimum absolute atomic E-state index is 0.205. The average molecular weight is 291 g/mol. The Kier molecular flexibility index (Phi) is 3.53. The summed E-state index contributed by atoms with van der Waals surface area (Å²) in [5.41, 5.74) is -0.275. The zero-order valence-corrected chi connectivity index (χ0v) is 11.9. The third kappa shape index (κ3) is 2.35. The Morgan fingerprint density at radius 3 is 2.67 bits per heavy atom. The second kappa shape index (κ2) is 5.22. The number of hydrogen-bond donors (Lipinski definition) is 1. The summed E-state index contributed by atoms with van der Waals surface area (Å²) in [6, 6.07) is 6.29. The molecule has 2 fully saturated rings.